The maximum atomic E-state index is 12.6. The van der Waals surface area contributed by atoms with E-state index < -0.39 is 5.95 Å². The number of hydrogen-bond donors (Lipinski definition) is 1. The van der Waals surface area contributed by atoms with E-state index in [-0.39, 0.29) is 5.75 Å². The lowest BCUT2D eigenvalue weighted by Crippen LogP contribution is -1.84. The molecular formula is C12H10FNO. The molecule has 0 unspecified atom stereocenters. The van der Waals surface area contributed by atoms with Gasteiger partial charge in [0, 0.05) is 17.3 Å². The Morgan fingerprint density at radius 2 is 2.00 bits per heavy atom. The zero-order valence-electron chi connectivity index (χ0n) is 8.24. The van der Waals surface area contributed by atoms with Gasteiger partial charge < -0.3 is 5.11 Å². The van der Waals surface area contributed by atoms with Crippen molar-refractivity contribution in [3.8, 4) is 16.9 Å². The minimum absolute atomic E-state index is 0.184. The van der Waals surface area contributed by atoms with Gasteiger partial charge in [0.2, 0.25) is 5.95 Å². The van der Waals surface area contributed by atoms with Gasteiger partial charge in [-0.15, -0.1) is 0 Å². The number of phenols is 1. The second-order valence-corrected chi connectivity index (χ2v) is 3.39. The maximum absolute atomic E-state index is 12.6. The first-order valence-corrected chi connectivity index (χ1v) is 4.58. The molecule has 0 atom stereocenters. The van der Waals surface area contributed by atoms with Crippen LogP contribution in [-0.2, 0) is 0 Å². The van der Waals surface area contributed by atoms with Crippen LogP contribution in [0.3, 0.4) is 0 Å². The Morgan fingerprint density at radius 3 is 2.60 bits per heavy atom. The molecule has 0 spiro atoms. The highest BCUT2D eigenvalue weighted by molar-refractivity contribution is 5.69. The Bertz CT molecular complexity index is 479. The van der Waals surface area contributed by atoms with E-state index in [9.17, 15) is 9.50 Å². The highest BCUT2D eigenvalue weighted by Gasteiger charge is 2.04. The molecule has 0 radical (unpaired) electrons. The Hall–Kier alpha value is -1.90. The summed E-state index contributed by atoms with van der Waals surface area (Å²) >= 11 is 0. The predicted octanol–water partition coefficient (Wildman–Crippen LogP) is 2.90. The Kier molecular flexibility index (Phi) is 2.37. The van der Waals surface area contributed by atoms with Crippen molar-refractivity contribution in [1.82, 2.24) is 4.98 Å². The standard InChI is InChI=1S/C12H10FNO/c1-8-2-4-10(11(15)6-8)9-3-5-12(13)14-7-9/h2-7,15H,1H3. The van der Waals surface area contributed by atoms with Gasteiger partial charge in [-0.05, 0) is 30.7 Å². The molecule has 0 bridgehead atoms. The molecule has 0 aliphatic carbocycles. The Labute approximate surface area is 87.0 Å². The number of hydrogen-bond acceptors (Lipinski definition) is 2. The monoisotopic (exact) mass is 203 g/mol. The fourth-order valence-corrected chi connectivity index (χ4v) is 1.42. The maximum Gasteiger partial charge on any atom is 0.212 e. The van der Waals surface area contributed by atoms with Crippen LogP contribution >= 0.6 is 0 Å². The molecule has 15 heavy (non-hydrogen) atoms. The number of halogens is 1. The fourth-order valence-electron chi connectivity index (χ4n) is 1.42. The molecule has 1 aromatic carbocycles. The minimum Gasteiger partial charge on any atom is -0.507 e. The molecular weight excluding hydrogens is 193 g/mol. The normalized spacial score (nSPS) is 10.3. The summed E-state index contributed by atoms with van der Waals surface area (Å²) in [5.41, 5.74) is 2.34. The molecule has 1 N–H and O–H groups in total. The molecule has 3 heteroatoms. The van der Waals surface area contributed by atoms with Crippen molar-refractivity contribution in [3.63, 3.8) is 0 Å². The number of aryl methyl sites for hydroxylation is 1. The van der Waals surface area contributed by atoms with Crippen LogP contribution in [-0.4, -0.2) is 10.1 Å². The second-order valence-electron chi connectivity index (χ2n) is 3.39. The van der Waals surface area contributed by atoms with Gasteiger partial charge in [-0.1, -0.05) is 12.1 Å². The molecule has 0 saturated heterocycles. The SMILES string of the molecule is Cc1ccc(-c2ccc(F)nc2)c(O)c1. The highest BCUT2D eigenvalue weighted by atomic mass is 19.1. The molecule has 0 fully saturated rings. The van der Waals surface area contributed by atoms with E-state index in [1.54, 1.807) is 18.2 Å². The van der Waals surface area contributed by atoms with Crippen molar-refractivity contribution < 1.29 is 9.50 Å². The molecule has 2 nitrogen and oxygen atoms in total. The number of pyridine rings is 1. The van der Waals surface area contributed by atoms with Gasteiger partial charge in [0.1, 0.15) is 5.75 Å². The van der Waals surface area contributed by atoms with Gasteiger partial charge >= 0.3 is 0 Å². The first-order valence-electron chi connectivity index (χ1n) is 4.58. The first-order chi connectivity index (χ1) is 7.16. The molecule has 2 aromatic rings. The van der Waals surface area contributed by atoms with Crippen LogP contribution in [0.15, 0.2) is 36.5 Å². The number of aromatic nitrogens is 1. The van der Waals surface area contributed by atoms with E-state index in [2.05, 4.69) is 4.98 Å². The summed E-state index contributed by atoms with van der Waals surface area (Å²) < 4.78 is 12.6. The summed E-state index contributed by atoms with van der Waals surface area (Å²) in [5, 5.41) is 9.69. The zero-order valence-corrected chi connectivity index (χ0v) is 8.24. The van der Waals surface area contributed by atoms with Crippen LogP contribution < -0.4 is 0 Å². The molecule has 0 amide bonds. The van der Waals surface area contributed by atoms with Gasteiger partial charge in [-0.25, -0.2) is 4.98 Å². The first kappa shape index (κ1) is 9.65. The van der Waals surface area contributed by atoms with Crippen molar-refractivity contribution in [2.24, 2.45) is 0 Å². The number of phenolic OH excluding ortho intramolecular Hbond substituents is 1. The summed E-state index contributed by atoms with van der Waals surface area (Å²) in [6, 6.07) is 8.21. The lowest BCUT2D eigenvalue weighted by atomic mass is 10.0. The van der Waals surface area contributed by atoms with Crippen molar-refractivity contribution in [2.45, 2.75) is 6.92 Å². The number of aromatic hydroxyl groups is 1. The lowest BCUT2D eigenvalue weighted by Gasteiger charge is -2.04. The van der Waals surface area contributed by atoms with Gasteiger partial charge in [0.05, 0.1) is 0 Å². The third kappa shape index (κ3) is 1.96. The van der Waals surface area contributed by atoms with Crippen molar-refractivity contribution in [1.29, 1.82) is 0 Å². The van der Waals surface area contributed by atoms with Crippen LogP contribution in [0.25, 0.3) is 11.1 Å². The average molecular weight is 203 g/mol. The van der Waals surface area contributed by atoms with Gasteiger partial charge in [0.25, 0.3) is 0 Å². The Balaban J connectivity index is 2.49. The lowest BCUT2D eigenvalue weighted by molar-refractivity contribution is 0.477. The summed E-state index contributed by atoms with van der Waals surface area (Å²) in [5.74, 6) is -0.339. The number of benzene rings is 1. The highest BCUT2D eigenvalue weighted by Crippen LogP contribution is 2.29. The molecule has 76 valence electrons. The third-order valence-corrected chi connectivity index (χ3v) is 2.19. The van der Waals surface area contributed by atoms with Crippen LogP contribution in [0.1, 0.15) is 5.56 Å². The number of nitrogens with zero attached hydrogens (tertiary/aromatic N) is 1. The third-order valence-electron chi connectivity index (χ3n) is 2.19. The van der Waals surface area contributed by atoms with E-state index in [0.29, 0.717) is 11.1 Å². The molecule has 0 aliphatic heterocycles. The molecule has 0 saturated carbocycles. The summed E-state index contributed by atoms with van der Waals surface area (Å²) in [7, 11) is 0. The van der Waals surface area contributed by atoms with E-state index in [4.69, 9.17) is 0 Å². The Morgan fingerprint density at radius 1 is 1.20 bits per heavy atom. The molecule has 0 aliphatic rings. The fraction of sp³-hybridized carbons (Fsp3) is 0.0833. The quantitative estimate of drug-likeness (QED) is 0.723. The van der Waals surface area contributed by atoms with E-state index in [1.165, 1.54) is 12.3 Å². The molecule has 1 heterocycles. The van der Waals surface area contributed by atoms with E-state index in [0.717, 1.165) is 5.56 Å². The van der Waals surface area contributed by atoms with Gasteiger partial charge in [0.15, 0.2) is 0 Å². The average Bonchev–Trinajstić information content (AvgIpc) is 2.20. The topological polar surface area (TPSA) is 33.1 Å². The van der Waals surface area contributed by atoms with Crippen LogP contribution in [0.4, 0.5) is 4.39 Å². The second kappa shape index (κ2) is 3.69. The van der Waals surface area contributed by atoms with Gasteiger partial charge in [-0.2, -0.15) is 4.39 Å². The van der Waals surface area contributed by atoms with Crippen molar-refractivity contribution in [3.05, 3.63) is 48.0 Å². The largest absolute Gasteiger partial charge is 0.507 e. The van der Waals surface area contributed by atoms with Crippen molar-refractivity contribution >= 4 is 0 Å². The van der Waals surface area contributed by atoms with E-state index in [1.807, 2.05) is 13.0 Å². The predicted molar refractivity (Wildman–Crippen MR) is 56.0 cm³/mol. The van der Waals surface area contributed by atoms with Crippen LogP contribution in [0.5, 0.6) is 5.75 Å². The van der Waals surface area contributed by atoms with Crippen LogP contribution in [0.2, 0.25) is 0 Å². The van der Waals surface area contributed by atoms with Crippen molar-refractivity contribution in [2.75, 3.05) is 0 Å². The van der Waals surface area contributed by atoms with E-state index >= 15 is 0 Å². The molecule has 2 rings (SSSR count). The smallest absolute Gasteiger partial charge is 0.212 e. The summed E-state index contributed by atoms with van der Waals surface area (Å²) in [6.45, 7) is 1.90. The van der Waals surface area contributed by atoms with Crippen LogP contribution in [0, 0.1) is 12.9 Å². The summed E-state index contributed by atoms with van der Waals surface area (Å²) in [6.07, 6.45) is 1.40. The molecule has 1 aromatic heterocycles. The van der Waals surface area contributed by atoms with Gasteiger partial charge in [-0.3, -0.25) is 0 Å². The zero-order chi connectivity index (χ0) is 10.8. The summed E-state index contributed by atoms with van der Waals surface area (Å²) in [4.78, 5) is 3.54. The number of rotatable bonds is 1. The minimum atomic E-state index is -0.523.